The highest BCUT2D eigenvalue weighted by molar-refractivity contribution is 5.96. The molecule has 0 aromatic heterocycles. The summed E-state index contributed by atoms with van der Waals surface area (Å²) in [6, 6.07) is 18.6. The minimum absolute atomic E-state index is 0.242. The fraction of sp³-hybridized carbons (Fsp3) is 0.0833. The molecule has 0 saturated heterocycles. The van der Waals surface area contributed by atoms with Crippen molar-refractivity contribution in [2.75, 3.05) is 6.54 Å². The van der Waals surface area contributed by atoms with Crippen LogP contribution in [0.1, 0.15) is 31.8 Å². The number of rotatable bonds is 7. The zero-order valence-corrected chi connectivity index (χ0v) is 17.2. The summed E-state index contributed by atoms with van der Waals surface area (Å²) in [6.07, 6.45) is 1.41. The summed E-state index contributed by atoms with van der Waals surface area (Å²) < 4.78 is 18.2. The van der Waals surface area contributed by atoms with Crippen LogP contribution in [0.2, 0.25) is 0 Å². The topological polar surface area (TPSA) is 96.9 Å². The summed E-state index contributed by atoms with van der Waals surface area (Å²) in [7, 11) is 0. The Bertz CT molecular complexity index is 1130. The van der Waals surface area contributed by atoms with Crippen molar-refractivity contribution in [2.45, 2.75) is 6.92 Å². The Morgan fingerprint density at radius 1 is 0.906 bits per heavy atom. The molecule has 0 aliphatic rings. The first kappa shape index (κ1) is 22.4. The second kappa shape index (κ2) is 10.6. The molecule has 3 rings (SSSR count). The van der Waals surface area contributed by atoms with Crippen LogP contribution >= 0.6 is 0 Å². The molecule has 0 atom stereocenters. The van der Waals surface area contributed by atoms with Gasteiger partial charge in [-0.3, -0.25) is 9.59 Å². The van der Waals surface area contributed by atoms with E-state index < -0.39 is 23.6 Å². The smallest absolute Gasteiger partial charge is 0.343 e. The third-order valence-electron chi connectivity index (χ3n) is 4.30. The summed E-state index contributed by atoms with van der Waals surface area (Å²) in [4.78, 5) is 35.8. The van der Waals surface area contributed by atoms with E-state index in [1.54, 1.807) is 36.4 Å². The molecule has 32 heavy (non-hydrogen) atoms. The molecule has 0 radical (unpaired) electrons. The molecule has 2 N–H and O–H groups in total. The number of carbonyl (C=O) groups is 3. The van der Waals surface area contributed by atoms with E-state index in [1.807, 2.05) is 19.1 Å². The monoisotopic (exact) mass is 433 g/mol. The van der Waals surface area contributed by atoms with Crippen molar-refractivity contribution in [2.24, 2.45) is 5.10 Å². The van der Waals surface area contributed by atoms with Crippen molar-refractivity contribution < 1.29 is 23.5 Å². The Labute approximate surface area is 183 Å². The van der Waals surface area contributed by atoms with Crippen LogP contribution in [0.5, 0.6) is 5.75 Å². The molecule has 0 unspecified atom stereocenters. The number of nitrogens with zero attached hydrogens (tertiary/aromatic N) is 1. The Morgan fingerprint density at radius 2 is 1.53 bits per heavy atom. The molecule has 0 fully saturated rings. The zero-order valence-electron chi connectivity index (χ0n) is 17.2. The first-order chi connectivity index (χ1) is 15.4. The van der Waals surface area contributed by atoms with Crippen molar-refractivity contribution in [3.8, 4) is 5.75 Å². The highest BCUT2D eigenvalue weighted by Gasteiger charge is 2.09. The molecule has 3 aromatic carbocycles. The number of ether oxygens (including phenoxy) is 1. The first-order valence-corrected chi connectivity index (χ1v) is 9.65. The Balaban J connectivity index is 1.44. The number of hydrazone groups is 1. The summed E-state index contributed by atoms with van der Waals surface area (Å²) >= 11 is 0. The van der Waals surface area contributed by atoms with Gasteiger partial charge >= 0.3 is 5.97 Å². The molecule has 0 heterocycles. The van der Waals surface area contributed by atoms with Crippen molar-refractivity contribution >= 4 is 24.0 Å². The van der Waals surface area contributed by atoms with E-state index in [4.69, 9.17) is 4.74 Å². The van der Waals surface area contributed by atoms with E-state index >= 15 is 0 Å². The lowest BCUT2D eigenvalue weighted by atomic mass is 10.1. The largest absolute Gasteiger partial charge is 0.423 e. The van der Waals surface area contributed by atoms with Crippen LogP contribution in [0.4, 0.5) is 4.39 Å². The second-order valence-corrected chi connectivity index (χ2v) is 6.81. The maximum absolute atomic E-state index is 12.9. The highest BCUT2D eigenvalue weighted by atomic mass is 19.1. The molecule has 162 valence electrons. The molecule has 0 aliphatic heterocycles. The van der Waals surface area contributed by atoms with Crippen molar-refractivity contribution in [1.82, 2.24) is 10.7 Å². The molecule has 0 aliphatic carbocycles. The van der Waals surface area contributed by atoms with E-state index in [0.717, 1.165) is 17.7 Å². The lowest BCUT2D eigenvalue weighted by Gasteiger charge is -2.05. The van der Waals surface area contributed by atoms with Crippen molar-refractivity contribution in [3.63, 3.8) is 0 Å². The number of carbonyl (C=O) groups excluding carboxylic acids is 3. The van der Waals surface area contributed by atoms with Crippen LogP contribution in [-0.2, 0) is 4.79 Å². The molecule has 8 heteroatoms. The van der Waals surface area contributed by atoms with Crippen LogP contribution in [0.25, 0.3) is 0 Å². The van der Waals surface area contributed by atoms with Crippen LogP contribution < -0.4 is 15.5 Å². The van der Waals surface area contributed by atoms with Gasteiger partial charge in [0.25, 0.3) is 11.8 Å². The van der Waals surface area contributed by atoms with Crippen LogP contribution in [0.15, 0.2) is 77.9 Å². The number of aryl methyl sites for hydroxylation is 1. The third kappa shape index (κ3) is 6.60. The average Bonchev–Trinajstić information content (AvgIpc) is 2.79. The first-order valence-electron chi connectivity index (χ1n) is 9.65. The number of benzene rings is 3. The Kier molecular flexibility index (Phi) is 7.42. The van der Waals surface area contributed by atoms with Gasteiger partial charge in [0.1, 0.15) is 11.6 Å². The highest BCUT2D eigenvalue weighted by Crippen LogP contribution is 2.14. The number of hydrogen-bond donors (Lipinski definition) is 2. The van der Waals surface area contributed by atoms with Crippen LogP contribution in [0.3, 0.4) is 0 Å². The maximum atomic E-state index is 12.9. The van der Waals surface area contributed by atoms with E-state index in [2.05, 4.69) is 15.8 Å². The molecule has 2 amide bonds. The van der Waals surface area contributed by atoms with Gasteiger partial charge in [-0.05, 0) is 73.2 Å². The molecule has 3 aromatic rings. The maximum Gasteiger partial charge on any atom is 0.343 e. The summed E-state index contributed by atoms with van der Waals surface area (Å²) in [5.74, 6) is -1.56. The van der Waals surface area contributed by atoms with Gasteiger partial charge in [-0.2, -0.15) is 5.10 Å². The predicted octanol–water partition coefficient (Wildman–Crippen LogP) is 3.23. The van der Waals surface area contributed by atoms with Gasteiger partial charge in [0, 0.05) is 5.56 Å². The van der Waals surface area contributed by atoms with Gasteiger partial charge < -0.3 is 10.1 Å². The number of nitrogens with one attached hydrogen (secondary N) is 2. The SMILES string of the molecule is Cc1ccc(C(=O)Oc2ccc(C=NNC(=O)CNC(=O)c3ccc(F)cc3)cc2)cc1. The molecule has 0 bridgehead atoms. The fourth-order valence-corrected chi connectivity index (χ4v) is 2.56. The molecule has 0 spiro atoms. The minimum atomic E-state index is -0.527. The van der Waals surface area contributed by atoms with Gasteiger partial charge in [0.05, 0.1) is 18.3 Å². The average molecular weight is 433 g/mol. The lowest BCUT2D eigenvalue weighted by molar-refractivity contribution is -0.120. The predicted molar refractivity (Wildman–Crippen MR) is 117 cm³/mol. The van der Waals surface area contributed by atoms with Crippen LogP contribution in [0, 0.1) is 12.7 Å². The summed E-state index contributed by atoms with van der Waals surface area (Å²) in [6.45, 7) is 1.64. The van der Waals surface area contributed by atoms with E-state index in [9.17, 15) is 18.8 Å². The van der Waals surface area contributed by atoms with E-state index in [1.165, 1.54) is 18.3 Å². The Hall–Kier alpha value is -4.33. The van der Waals surface area contributed by atoms with Crippen molar-refractivity contribution in [1.29, 1.82) is 0 Å². The molecular weight excluding hydrogens is 413 g/mol. The minimum Gasteiger partial charge on any atom is -0.423 e. The van der Waals surface area contributed by atoms with E-state index in [0.29, 0.717) is 16.9 Å². The van der Waals surface area contributed by atoms with Gasteiger partial charge in [-0.15, -0.1) is 0 Å². The zero-order chi connectivity index (χ0) is 22.9. The second-order valence-electron chi connectivity index (χ2n) is 6.81. The lowest BCUT2D eigenvalue weighted by Crippen LogP contribution is -2.34. The standard InChI is InChI=1S/C24H20FN3O4/c1-16-2-6-19(7-3-16)24(31)32-21-12-4-17(5-13-21)14-27-28-22(29)15-26-23(30)18-8-10-20(25)11-9-18/h2-14H,15H2,1H3,(H,26,30)(H,28,29). The quantitative estimate of drug-likeness (QED) is 0.259. The van der Waals surface area contributed by atoms with Crippen molar-refractivity contribution in [3.05, 3.63) is 101 Å². The van der Waals surface area contributed by atoms with E-state index in [-0.39, 0.29) is 12.1 Å². The number of hydrogen-bond acceptors (Lipinski definition) is 5. The Morgan fingerprint density at radius 3 is 2.19 bits per heavy atom. The van der Waals surface area contributed by atoms with Gasteiger partial charge in [-0.1, -0.05) is 17.7 Å². The van der Waals surface area contributed by atoms with Gasteiger partial charge in [0.2, 0.25) is 0 Å². The van der Waals surface area contributed by atoms with Crippen LogP contribution in [-0.4, -0.2) is 30.5 Å². The number of amides is 2. The number of esters is 1. The normalized spacial score (nSPS) is 10.6. The summed E-state index contributed by atoms with van der Waals surface area (Å²) in [5, 5.41) is 6.23. The third-order valence-corrected chi connectivity index (χ3v) is 4.30. The van der Waals surface area contributed by atoms with Gasteiger partial charge in [0.15, 0.2) is 0 Å². The molecule has 7 nitrogen and oxygen atoms in total. The molecule has 0 saturated carbocycles. The number of halogens is 1. The van der Waals surface area contributed by atoms with Gasteiger partial charge in [-0.25, -0.2) is 14.6 Å². The molecular formula is C24H20FN3O4. The summed E-state index contributed by atoms with van der Waals surface area (Å²) in [5.41, 5.74) is 4.70. The fourth-order valence-electron chi connectivity index (χ4n) is 2.56.